The quantitative estimate of drug-likeness (QED) is 0.698. The monoisotopic (exact) mass is 426 g/mol. The largest absolute Gasteiger partial charge is 0.339 e. The molecular formula is C14H20ClIN2OS. The van der Waals surface area contributed by atoms with Crippen LogP contribution in [0.5, 0.6) is 0 Å². The summed E-state index contributed by atoms with van der Waals surface area (Å²) in [7, 11) is 0. The summed E-state index contributed by atoms with van der Waals surface area (Å²) in [6, 6.07) is 2.00. The number of hydrogen-bond donors (Lipinski definition) is 1. The lowest BCUT2D eigenvalue weighted by molar-refractivity contribution is 0.0496. The van der Waals surface area contributed by atoms with E-state index >= 15 is 0 Å². The summed E-state index contributed by atoms with van der Waals surface area (Å²) >= 11 is 3.92. The van der Waals surface area contributed by atoms with Gasteiger partial charge in [-0.05, 0) is 72.8 Å². The number of rotatable bonds is 1. The number of likely N-dealkylation sites (tertiary alicyclic amines) is 1. The molecule has 3 rings (SSSR count). The van der Waals surface area contributed by atoms with Gasteiger partial charge < -0.3 is 10.2 Å². The molecule has 1 amide bonds. The van der Waals surface area contributed by atoms with Crippen LogP contribution < -0.4 is 5.32 Å². The molecule has 0 aromatic carbocycles. The summed E-state index contributed by atoms with van der Waals surface area (Å²) in [4.78, 5) is 14.4. The van der Waals surface area contributed by atoms with Crippen LogP contribution in [0.25, 0.3) is 0 Å². The maximum atomic E-state index is 12.4. The maximum Gasteiger partial charge on any atom is 0.254 e. The minimum Gasteiger partial charge on any atom is -0.339 e. The average Bonchev–Trinajstić information content (AvgIpc) is 2.87. The van der Waals surface area contributed by atoms with E-state index in [0.717, 1.165) is 31.7 Å². The van der Waals surface area contributed by atoms with E-state index in [4.69, 9.17) is 0 Å². The topological polar surface area (TPSA) is 32.3 Å². The molecule has 0 aliphatic carbocycles. The molecule has 1 N–H and O–H groups in total. The fraction of sp³-hybridized carbons (Fsp3) is 0.643. The molecule has 1 aromatic heterocycles. The summed E-state index contributed by atoms with van der Waals surface area (Å²) in [5.41, 5.74) is 1.39. The van der Waals surface area contributed by atoms with Crippen molar-refractivity contribution in [3.05, 3.63) is 19.9 Å². The molecule has 2 fully saturated rings. The molecule has 0 saturated carbocycles. The number of thiophene rings is 1. The van der Waals surface area contributed by atoms with Crippen molar-refractivity contribution in [2.24, 2.45) is 5.41 Å². The Morgan fingerprint density at radius 1 is 1.25 bits per heavy atom. The van der Waals surface area contributed by atoms with Gasteiger partial charge in [0.25, 0.3) is 5.91 Å². The zero-order valence-corrected chi connectivity index (χ0v) is 15.2. The SMILES string of the molecule is Cl.O=C(c1csc(I)c1)N1CCC2(CCNCC2)CC1. The van der Waals surface area contributed by atoms with Gasteiger partial charge in [-0.2, -0.15) is 0 Å². The first-order valence-corrected chi connectivity index (χ1v) is 8.88. The number of carbonyl (C=O) groups excluding carboxylic acids is 1. The lowest BCUT2D eigenvalue weighted by atomic mass is 9.71. The van der Waals surface area contributed by atoms with Crippen LogP contribution in [0.3, 0.4) is 0 Å². The smallest absolute Gasteiger partial charge is 0.254 e. The zero-order valence-electron chi connectivity index (χ0n) is 11.4. The van der Waals surface area contributed by atoms with Gasteiger partial charge in [0.05, 0.1) is 8.45 Å². The predicted molar refractivity (Wildman–Crippen MR) is 94.0 cm³/mol. The van der Waals surface area contributed by atoms with E-state index in [1.165, 1.54) is 28.6 Å². The standard InChI is InChI=1S/C14H19IN2OS.ClH/c15-12-9-11(10-19-12)13(18)17-7-3-14(4-8-17)1-5-16-6-2-14;/h9-10,16H,1-8H2;1H. The van der Waals surface area contributed by atoms with Crippen LogP contribution in [-0.2, 0) is 0 Å². The van der Waals surface area contributed by atoms with Gasteiger partial charge in [0.1, 0.15) is 0 Å². The molecule has 1 aromatic rings. The van der Waals surface area contributed by atoms with Crippen molar-refractivity contribution in [3.8, 4) is 0 Å². The summed E-state index contributed by atoms with van der Waals surface area (Å²) in [6.45, 7) is 4.17. The average molecular weight is 427 g/mol. The van der Waals surface area contributed by atoms with Crippen molar-refractivity contribution < 1.29 is 4.79 Å². The van der Waals surface area contributed by atoms with Crippen LogP contribution in [0.1, 0.15) is 36.0 Å². The van der Waals surface area contributed by atoms with Gasteiger partial charge in [-0.1, -0.05) is 0 Å². The molecule has 0 bridgehead atoms. The number of carbonyl (C=O) groups is 1. The molecule has 0 atom stereocenters. The van der Waals surface area contributed by atoms with Crippen molar-refractivity contribution in [2.45, 2.75) is 25.7 Å². The summed E-state index contributed by atoms with van der Waals surface area (Å²) in [6.07, 6.45) is 4.93. The minimum absolute atomic E-state index is 0. The fourth-order valence-electron chi connectivity index (χ4n) is 3.25. The van der Waals surface area contributed by atoms with Crippen LogP contribution in [-0.4, -0.2) is 37.0 Å². The molecule has 20 heavy (non-hydrogen) atoms. The van der Waals surface area contributed by atoms with Crippen molar-refractivity contribution in [1.29, 1.82) is 0 Å². The first kappa shape index (κ1) is 16.5. The second-order valence-corrected chi connectivity index (χ2v) is 8.49. The molecule has 2 saturated heterocycles. The minimum atomic E-state index is 0. The number of piperidine rings is 2. The van der Waals surface area contributed by atoms with Gasteiger partial charge in [0, 0.05) is 18.5 Å². The Balaban J connectivity index is 0.00000147. The highest BCUT2D eigenvalue weighted by Gasteiger charge is 2.36. The van der Waals surface area contributed by atoms with Gasteiger partial charge in [-0.15, -0.1) is 23.7 Å². The number of halogens is 2. The van der Waals surface area contributed by atoms with Crippen molar-refractivity contribution in [1.82, 2.24) is 10.2 Å². The molecule has 1 spiro atoms. The van der Waals surface area contributed by atoms with E-state index in [9.17, 15) is 4.79 Å². The summed E-state index contributed by atoms with van der Waals surface area (Å²) < 4.78 is 1.19. The molecule has 3 nitrogen and oxygen atoms in total. The fourth-order valence-corrected chi connectivity index (χ4v) is 4.57. The lowest BCUT2D eigenvalue weighted by Gasteiger charge is -2.44. The van der Waals surface area contributed by atoms with E-state index in [1.54, 1.807) is 11.3 Å². The second-order valence-electron chi connectivity index (χ2n) is 5.68. The molecule has 0 unspecified atom stereocenters. The van der Waals surface area contributed by atoms with Gasteiger partial charge in [0.15, 0.2) is 0 Å². The molecule has 2 aliphatic heterocycles. The second kappa shape index (κ2) is 6.94. The van der Waals surface area contributed by atoms with Crippen LogP contribution in [0, 0.1) is 8.30 Å². The number of nitrogens with zero attached hydrogens (tertiary/aromatic N) is 1. The van der Waals surface area contributed by atoms with E-state index in [0.29, 0.717) is 5.41 Å². The van der Waals surface area contributed by atoms with Gasteiger partial charge in [-0.25, -0.2) is 0 Å². The number of hydrogen-bond acceptors (Lipinski definition) is 3. The summed E-state index contributed by atoms with van der Waals surface area (Å²) in [5.74, 6) is 0.225. The Hall–Kier alpha value is 0.150. The van der Waals surface area contributed by atoms with Gasteiger partial charge in [0.2, 0.25) is 0 Å². The van der Waals surface area contributed by atoms with Gasteiger partial charge in [-0.3, -0.25) is 4.79 Å². The van der Waals surface area contributed by atoms with Crippen molar-refractivity contribution >= 4 is 52.2 Å². The van der Waals surface area contributed by atoms with Crippen molar-refractivity contribution in [3.63, 3.8) is 0 Å². The third-order valence-electron chi connectivity index (χ3n) is 4.59. The lowest BCUT2D eigenvalue weighted by Crippen LogP contribution is -2.47. The van der Waals surface area contributed by atoms with E-state index in [2.05, 4.69) is 27.9 Å². The number of nitrogens with one attached hydrogen (secondary N) is 1. The highest BCUT2D eigenvalue weighted by Crippen LogP contribution is 2.39. The number of amides is 1. The first-order valence-electron chi connectivity index (χ1n) is 6.93. The summed E-state index contributed by atoms with van der Waals surface area (Å²) in [5, 5.41) is 5.42. The Morgan fingerprint density at radius 2 is 1.90 bits per heavy atom. The maximum absolute atomic E-state index is 12.4. The van der Waals surface area contributed by atoms with Crippen LogP contribution in [0.4, 0.5) is 0 Å². The van der Waals surface area contributed by atoms with E-state index in [1.807, 2.05) is 16.3 Å². The normalized spacial score (nSPS) is 21.6. The Labute approximate surface area is 144 Å². The van der Waals surface area contributed by atoms with E-state index in [-0.39, 0.29) is 18.3 Å². The zero-order chi connectivity index (χ0) is 13.3. The third-order valence-corrected chi connectivity index (χ3v) is 6.38. The van der Waals surface area contributed by atoms with Gasteiger partial charge >= 0.3 is 0 Å². The Kier molecular flexibility index (Phi) is 5.73. The first-order chi connectivity index (χ1) is 9.19. The molecule has 2 aliphatic rings. The molecule has 112 valence electrons. The Morgan fingerprint density at radius 3 is 2.45 bits per heavy atom. The van der Waals surface area contributed by atoms with Crippen molar-refractivity contribution in [2.75, 3.05) is 26.2 Å². The molecule has 3 heterocycles. The Bertz CT molecular complexity index is 463. The highest BCUT2D eigenvalue weighted by molar-refractivity contribution is 14.1. The molecule has 6 heteroatoms. The van der Waals surface area contributed by atoms with E-state index < -0.39 is 0 Å². The molecule has 0 radical (unpaired) electrons. The molecular weight excluding hydrogens is 407 g/mol. The van der Waals surface area contributed by atoms with Crippen LogP contribution >= 0.6 is 46.3 Å². The predicted octanol–water partition coefficient (Wildman–Crippen LogP) is 3.38. The van der Waals surface area contributed by atoms with Crippen LogP contribution in [0.2, 0.25) is 0 Å². The third kappa shape index (κ3) is 3.48. The highest BCUT2D eigenvalue weighted by atomic mass is 127. The van der Waals surface area contributed by atoms with Crippen LogP contribution in [0.15, 0.2) is 11.4 Å².